The molecule has 12 heavy (non-hydrogen) atoms. The zero-order chi connectivity index (χ0) is 9.78. The first-order chi connectivity index (χ1) is 5.41. The summed E-state index contributed by atoms with van der Waals surface area (Å²) in [6.07, 6.45) is -3.68. The number of rotatable bonds is 2. The van der Waals surface area contributed by atoms with Crippen LogP contribution in [0.4, 0.5) is 13.2 Å². The van der Waals surface area contributed by atoms with Crippen LogP contribution in [0.2, 0.25) is 0 Å². The Bertz CT molecular complexity index is 205. The van der Waals surface area contributed by atoms with Gasteiger partial charge < -0.3 is 11.1 Å². The van der Waals surface area contributed by atoms with Crippen molar-refractivity contribution in [3.05, 3.63) is 11.8 Å². The Morgan fingerprint density at radius 1 is 1.50 bits per heavy atom. The van der Waals surface area contributed by atoms with Crippen LogP contribution < -0.4 is 11.1 Å². The van der Waals surface area contributed by atoms with Crippen molar-refractivity contribution in [1.82, 2.24) is 5.32 Å². The molecule has 0 heterocycles. The predicted octanol–water partition coefficient (Wildman–Crippen LogP) is 0.639. The Hall–Kier alpha value is -1.20. The van der Waals surface area contributed by atoms with Crippen LogP contribution in [0.3, 0.4) is 0 Å². The Morgan fingerprint density at radius 3 is 2.25 bits per heavy atom. The lowest BCUT2D eigenvalue weighted by atomic mass is 10.3. The molecule has 0 rings (SSSR count). The number of allylic oxidation sites excluding steroid dienone is 1. The minimum atomic E-state index is -4.41. The van der Waals surface area contributed by atoms with E-state index in [0.29, 0.717) is 0 Å². The first-order valence-corrected chi connectivity index (χ1v) is 3.10. The lowest BCUT2D eigenvalue weighted by Gasteiger charge is -2.10. The second-order valence-electron chi connectivity index (χ2n) is 1.95. The molecular formula is C6H10F3N3. The molecule has 0 aromatic carbocycles. The van der Waals surface area contributed by atoms with Crippen LogP contribution >= 0.6 is 0 Å². The molecule has 0 aliphatic carbocycles. The first-order valence-electron chi connectivity index (χ1n) is 3.10. The Labute approximate surface area is 68.2 Å². The average molecular weight is 181 g/mol. The molecule has 0 atom stereocenters. The highest BCUT2D eigenvalue weighted by atomic mass is 19.4. The second-order valence-corrected chi connectivity index (χ2v) is 1.95. The van der Waals surface area contributed by atoms with Crippen molar-refractivity contribution in [2.75, 3.05) is 14.1 Å². The third-order valence-electron chi connectivity index (χ3n) is 1.13. The third kappa shape index (κ3) is 3.27. The van der Waals surface area contributed by atoms with Gasteiger partial charge in [0.2, 0.25) is 0 Å². The highest BCUT2D eigenvalue weighted by Gasteiger charge is 2.32. The second kappa shape index (κ2) is 3.99. The van der Waals surface area contributed by atoms with E-state index in [4.69, 9.17) is 5.73 Å². The summed E-state index contributed by atoms with van der Waals surface area (Å²) in [5.74, 6) is -0.170. The fourth-order valence-corrected chi connectivity index (χ4v) is 0.508. The zero-order valence-electron chi connectivity index (χ0n) is 6.74. The molecule has 0 unspecified atom stereocenters. The summed E-state index contributed by atoms with van der Waals surface area (Å²) in [7, 11) is 2.48. The zero-order valence-corrected chi connectivity index (χ0v) is 6.74. The van der Waals surface area contributed by atoms with Gasteiger partial charge in [0.1, 0.15) is 11.5 Å². The lowest BCUT2D eigenvalue weighted by Crippen LogP contribution is -2.25. The van der Waals surface area contributed by atoms with Gasteiger partial charge in [0.25, 0.3) is 0 Å². The summed E-state index contributed by atoms with van der Waals surface area (Å²) in [4.78, 5) is 3.37. The fourth-order valence-electron chi connectivity index (χ4n) is 0.508. The molecule has 6 heteroatoms. The van der Waals surface area contributed by atoms with E-state index < -0.39 is 11.9 Å². The topological polar surface area (TPSA) is 50.4 Å². The first kappa shape index (κ1) is 10.8. The molecule has 0 fully saturated rings. The van der Waals surface area contributed by atoms with Crippen LogP contribution in [-0.4, -0.2) is 26.1 Å². The molecule has 3 nitrogen and oxygen atoms in total. The monoisotopic (exact) mass is 181 g/mol. The molecule has 0 aromatic rings. The molecule has 70 valence electrons. The largest absolute Gasteiger partial charge is 0.431 e. The average Bonchev–Trinajstić information content (AvgIpc) is 1.97. The fraction of sp³-hybridized carbons (Fsp3) is 0.500. The molecule has 3 N–H and O–H groups in total. The normalized spacial score (nSPS) is 14.8. The summed E-state index contributed by atoms with van der Waals surface area (Å²) in [5, 5.41) is 1.98. The highest BCUT2D eigenvalue weighted by Crippen LogP contribution is 2.22. The number of hydrogen-bond acceptors (Lipinski definition) is 2. The van der Waals surface area contributed by atoms with Gasteiger partial charge in [0.15, 0.2) is 0 Å². The summed E-state index contributed by atoms with van der Waals surface area (Å²) in [6.45, 7) is 0. The molecule has 0 bridgehead atoms. The van der Waals surface area contributed by atoms with E-state index in [9.17, 15) is 13.2 Å². The maximum absolute atomic E-state index is 12.0. The van der Waals surface area contributed by atoms with E-state index in [-0.39, 0.29) is 5.84 Å². The summed E-state index contributed by atoms with van der Waals surface area (Å²) >= 11 is 0. The third-order valence-corrected chi connectivity index (χ3v) is 1.13. The van der Waals surface area contributed by atoms with E-state index in [0.717, 1.165) is 6.08 Å². The maximum atomic E-state index is 12.0. The number of halogens is 3. The molecule has 0 aliphatic heterocycles. The van der Waals surface area contributed by atoms with Gasteiger partial charge in [-0.1, -0.05) is 0 Å². The van der Waals surface area contributed by atoms with Gasteiger partial charge in [0, 0.05) is 20.2 Å². The van der Waals surface area contributed by atoms with Gasteiger partial charge in [-0.2, -0.15) is 13.2 Å². The van der Waals surface area contributed by atoms with E-state index in [1.54, 1.807) is 0 Å². The van der Waals surface area contributed by atoms with Crippen molar-refractivity contribution in [2.45, 2.75) is 6.18 Å². The molecular weight excluding hydrogens is 171 g/mol. The number of nitrogens with zero attached hydrogens (tertiary/aromatic N) is 1. The van der Waals surface area contributed by atoms with E-state index >= 15 is 0 Å². The van der Waals surface area contributed by atoms with Crippen molar-refractivity contribution < 1.29 is 13.2 Å². The lowest BCUT2D eigenvalue weighted by molar-refractivity contribution is -0.0958. The molecule has 0 amide bonds. The van der Waals surface area contributed by atoms with Gasteiger partial charge in [-0.3, -0.25) is 4.99 Å². The molecule has 0 saturated carbocycles. The van der Waals surface area contributed by atoms with E-state index in [1.807, 2.05) is 5.32 Å². The summed E-state index contributed by atoms with van der Waals surface area (Å²) < 4.78 is 35.9. The quantitative estimate of drug-likeness (QED) is 0.485. The molecule has 0 aliphatic rings. The van der Waals surface area contributed by atoms with E-state index in [2.05, 4.69) is 4.99 Å². The maximum Gasteiger partial charge on any atom is 0.431 e. The van der Waals surface area contributed by atoms with Gasteiger partial charge in [-0.15, -0.1) is 0 Å². The molecule has 0 saturated heterocycles. The molecule has 0 radical (unpaired) electrons. The predicted molar refractivity (Wildman–Crippen MR) is 40.7 cm³/mol. The van der Waals surface area contributed by atoms with Crippen molar-refractivity contribution in [3.8, 4) is 0 Å². The van der Waals surface area contributed by atoms with Crippen LogP contribution in [0.15, 0.2) is 16.8 Å². The Balaban J connectivity index is 4.68. The van der Waals surface area contributed by atoms with Crippen LogP contribution in [0.5, 0.6) is 0 Å². The number of aliphatic imine (C=N–C) groups is 1. The van der Waals surface area contributed by atoms with Crippen molar-refractivity contribution in [3.63, 3.8) is 0 Å². The standard InChI is InChI=1S/C6H10F3N3/c1-11-4(6(7,8)9)3-5(10)12-2/h3,11H,1-2H3,(H2,10,12)/b4-3-. The van der Waals surface area contributed by atoms with Gasteiger partial charge in [-0.25, -0.2) is 0 Å². The molecule has 0 aromatic heterocycles. The SMILES string of the molecule is CN=C(N)/C=C(\NC)C(F)(F)F. The van der Waals surface area contributed by atoms with Crippen molar-refractivity contribution >= 4 is 5.84 Å². The highest BCUT2D eigenvalue weighted by molar-refractivity contribution is 5.91. The van der Waals surface area contributed by atoms with Crippen LogP contribution in [-0.2, 0) is 0 Å². The Kier molecular flexibility index (Phi) is 3.59. The van der Waals surface area contributed by atoms with Crippen LogP contribution in [0, 0.1) is 0 Å². The summed E-state index contributed by atoms with van der Waals surface area (Å²) in [6, 6.07) is 0. The summed E-state index contributed by atoms with van der Waals surface area (Å²) in [5.41, 5.74) is 4.17. The number of alkyl halides is 3. The minimum absolute atomic E-state index is 0.170. The van der Waals surface area contributed by atoms with Gasteiger partial charge >= 0.3 is 6.18 Å². The van der Waals surface area contributed by atoms with Gasteiger partial charge in [0.05, 0.1) is 0 Å². The van der Waals surface area contributed by atoms with Crippen LogP contribution in [0.1, 0.15) is 0 Å². The number of hydrogen-bond donors (Lipinski definition) is 2. The molecule has 0 spiro atoms. The van der Waals surface area contributed by atoms with Crippen molar-refractivity contribution in [2.24, 2.45) is 10.7 Å². The Morgan fingerprint density at radius 2 is 2.00 bits per heavy atom. The number of amidine groups is 1. The number of nitrogens with two attached hydrogens (primary N) is 1. The van der Waals surface area contributed by atoms with Crippen LogP contribution in [0.25, 0.3) is 0 Å². The van der Waals surface area contributed by atoms with E-state index in [1.165, 1.54) is 14.1 Å². The smallest absolute Gasteiger partial charge is 0.384 e. The van der Waals surface area contributed by atoms with Gasteiger partial charge in [-0.05, 0) is 0 Å². The minimum Gasteiger partial charge on any atom is -0.384 e. The van der Waals surface area contributed by atoms with Crippen molar-refractivity contribution in [1.29, 1.82) is 0 Å². The number of nitrogens with one attached hydrogen (secondary N) is 1.